The summed E-state index contributed by atoms with van der Waals surface area (Å²) in [4.78, 5) is 33.9. The van der Waals surface area contributed by atoms with Crippen LogP contribution in [0.5, 0.6) is 0 Å². The highest BCUT2D eigenvalue weighted by Gasteiger charge is 2.35. The van der Waals surface area contributed by atoms with Crippen LogP contribution < -0.4 is 0 Å². The van der Waals surface area contributed by atoms with Gasteiger partial charge >= 0.3 is 18.2 Å². The number of hydrogen-bond acceptors (Lipinski definition) is 7. The molecule has 9 nitrogen and oxygen atoms in total. The first-order valence-corrected chi connectivity index (χ1v) is 13.4. The van der Waals surface area contributed by atoms with E-state index < -0.39 is 29.0 Å². The molecule has 12 heteroatoms. The van der Waals surface area contributed by atoms with Gasteiger partial charge in [0.1, 0.15) is 22.7 Å². The van der Waals surface area contributed by atoms with E-state index in [1.54, 1.807) is 35.4 Å². The summed E-state index contributed by atoms with van der Waals surface area (Å²) in [6.07, 6.45) is 0.625. The topological polar surface area (TPSA) is 99.4 Å². The molecule has 1 saturated heterocycles. The maximum Gasteiger partial charge on any atom is 0.420 e. The lowest BCUT2D eigenvalue weighted by atomic mass is 10.0. The maximum atomic E-state index is 13.7. The molecule has 0 atom stereocenters. The van der Waals surface area contributed by atoms with E-state index in [0.29, 0.717) is 37.1 Å². The van der Waals surface area contributed by atoms with Crippen molar-refractivity contribution in [3.05, 3.63) is 76.6 Å². The smallest absolute Gasteiger partial charge is 0.420 e. The van der Waals surface area contributed by atoms with Crippen molar-refractivity contribution in [3.63, 3.8) is 0 Å². The molecule has 0 radical (unpaired) electrons. The Hall–Kier alpha value is -4.40. The fourth-order valence-corrected chi connectivity index (χ4v) is 4.45. The summed E-state index contributed by atoms with van der Waals surface area (Å²) < 4.78 is 53.2. The fourth-order valence-electron chi connectivity index (χ4n) is 4.45. The summed E-state index contributed by atoms with van der Waals surface area (Å²) in [5.74, 6) is 4.95. The molecule has 2 aromatic heterocycles. The average Bonchev–Trinajstić information content (AvgIpc) is 3.39. The first-order chi connectivity index (χ1) is 19.8. The van der Waals surface area contributed by atoms with E-state index in [1.165, 1.54) is 7.11 Å². The number of esters is 1. The Morgan fingerprint density at radius 2 is 1.79 bits per heavy atom. The zero-order valence-corrected chi connectivity index (χ0v) is 23.9. The fraction of sp³-hybridized carbons (Fsp3) is 0.433. The van der Waals surface area contributed by atoms with Gasteiger partial charge in [-0.2, -0.15) is 18.3 Å². The molecule has 3 aromatic rings. The second kappa shape index (κ2) is 12.6. The number of rotatable bonds is 5. The molecular formula is C30H32F3N5O4. The van der Waals surface area contributed by atoms with Gasteiger partial charge in [0.25, 0.3) is 0 Å². The molecule has 1 amide bonds. The van der Waals surface area contributed by atoms with Crippen molar-refractivity contribution >= 4 is 12.1 Å². The van der Waals surface area contributed by atoms with Crippen molar-refractivity contribution in [2.45, 2.75) is 64.3 Å². The molecule has 0 unspecified atom stereocenters. The second-order valence-corrected chi connectivity index (χ2v) is 10.9. The summed E-state index contributed by atoms with van der Waals surface area (Å²) >= 11 is 0. The number of amides is 1. The van der Waals surface area contributed by atoms with E-state index in [0.717, 1.165) is 11.8 Å². The van der Waals surface area contributed by atoms with Gasteiger partial charge in [-0.15, -0.1) is 0 Å². The predicted octanol–water partition coefficient (Wildman–Crippen LogP) is 4.97. The Morgan fingerprint density at radius 1 is 1.07 bits per heavy atom. The van der Waals surface area contributed by atoms with Crippen LogP contribution in [-0.4, -0.2) is 62.5 Å². The van der Waals surface area contributed by atoms with Gasteiger partial charge in [0.2, 0.25) is 0 Å². The van der Waals surface area contributed by atoms with Gasteiger partial charge in [-0.3, -0.25) is 9.48 Å². The zero-order chi connectivity index (χ0) is 30.5. The SMILES string of the molecule is COC(=O)Cc1ccccc1C#Cc1nc(Cc2cnn(C3CCN(C(=O)OC(C)(C)C)CC3)c2)ncc1C(F)(F)F. The van der Waals surface area contributed by atoms with E-state index in [4.69, 9.17) is 9.47 Å². The first-order valence-electron chi connectivity index (χ1n) is 13.4. The van der Waals surface area contributed by atoms with Gasteiger partial charge in [0.05, 0.1) is 25.8 Å². The Morgan fingerprint density at radius 3 is 2.45 bits per heavy atom. The number of ether oxygens (including phenoxy) is 2. The van der Waals surface area contributed by atoms with E-state index in [-0.39, 0.29) is 30.8 Å². The monoisotopic (exact) mass is 583 g/mol. The number of alkyl halides is 3. The van der Waals surface area contributed by atoms with Crippen LogP contribution in [0.25, 0.3) is 0 Å². The van der Waals surface area contributed by atoms with Gasteiger partial charge in [-0.05, 0) is 56.7 Å². The van der Waals surface area contributed by atoms with Crippen molar-refractivity contribution in [1.29, 1.82) is 0 Å². The van der Waals surface area contributed by atoms with Gasteiger partial charge in [0.15, 0.2) is 0 Å². The molecule has 4 rings (SSSR count). The van der Waals surface area contributed by atoms with Crippen molar-refractivity contribution < 1.29 is 32.2 Å². The van der Waals surface area contributed by atoms with Crippen molar-refractivity contribution in [2.75, 3.05) is 20.2 Å². The highest BCUT2D eigenvalue weighted by Crippen LogP contribution is 2.31. The molecule has 0 aliphatic carbocycles. The van der Waals surface area contributed by atoms with Crippen molar-refractivity contribution in [1.82, 2.24) is 24.6 Å². The summed E-state index contributed by atoms with van der Waals surface area (Å²) in [6.45, 7) is 6.53. The molecule has 0 spiro atoms. The number of nitrogens with zero attached hydrogens (tertiary/aromatic N) is 5. The molecule has 1 aliphatic rings. The van der Waals surface area contributed by atoms with Gasteiger partial charge in [0, 0.05) is 37.5 Å². The quantitative estimate of drug-likeness (QED) is 0.309. The minimum absolute atomic E-state index is 0.0630. The number of likely N-dealkylation sites (tertiary alicyclic amines) is 1. The van der Waals surface area contributed by atoms with Gasteiger partial charge in [-0.25, -0.2) is 14.8 Å². The van der Waals surface area contributed by atoms with Crippen LogP contribution >= 0.6 is 0 Å². The highest BCUT2D eigenvalue weighted by atomic mass is 19.4. The van der Waals surface area contributed by atoms with E-state index in [2.05, 4.69) is 26.9 Å². The van der Waals surface area contributed by atoms with Crippen LogP contribution in [0.15, 0.2) is 42.9 Å². The largest absolute Gasteiger partial charge is 0.469 e. The van der Waals surface area contributed by atoms with Crippen LogP contribution in [0.4, 0.5) is 18.0 Å². The van der Waals surface area contributed by atoms with Crippen LogP contribution in [0.3, 0.4) is 0 Å². The first kappa shape index (κ1) is 30.6. The number of aromatic nitrogens is 4. The summed E-state index contributed by atoms with van der Waals surface area (Å²) in [5.41, 5.74) is -0.407. The molecule has 1 aromatic carbocycles. The summed E-state index contributed by atoms with van der Waals surface area (Å²) in [6, 6.07) is 6.73. The van der Waals surface area contributed by atoms with Crippen LogP contribution in [-0.2, 0) is 33.3 Å². The maximum absolute atomic E-state index is 13.7. The van der Waals surface area contributed by atoms with E-state index >= 15 is 0 Å². The molecule has 1 fully saturated rings. The molecule has 0 bridgehead atoms. The molecule has 42 heavy (non-hydrogen) atoms. The van der Waals surface area contributed by atoms with Crippen molar-refractivity contribution in [2.24, 2.45) is 0 Å². The number of benzene rings is 1. The van der Waals surface area contributed by atoms with Crippen LogP contribution in [0, 0.1) is 11.8 Å². The molecular weight excluding hydrogens is 551 g/mol. The number of methoxy groups -OCH3 is 1. The standard InChI is InChI=1S/C30H32F3N5O4/c1-29(2,3)42-28(40)37-13-11-23(12-14-37)38-19-20(17-35-38)15-26-34-18-24(30(31,32)33)25(36-26)10-9-21-7-5-6-8-22(21)16-27(39)41-4/h5-8,17-19,23H,11-16H2,1-4H3. The third-order valence-electron chi connectivity index (χ3n) is 6.55. The molecule has 222 valence electrons. The van der Waals surface area contributed by atoms with E-state index in [1.807, 2.05) is 31.6 Å². The second-order valence-electron chi connectivity index (χ2n) is 10.9. The number of halogens is 3. The highest BCUT2D eigenvalue weighted by molar-refractivity contribution is 5.73. The molecule has 1 aliphatic heterocycles. The summed E-state index contributed by atoms with van der Waals surface area (Å²) in [5, 5.41) is 4.44. The third kappa shape index (κ3) is 8.09. The minimum atomic E-state index is -4.70. The molecule has 0 saturated carbocycles. The Balaban J connectivity index is 1.49. The normalized spacial score (nSPS) is 14.2. The lowest BCUT2D eigenvalue weighted by molar-refractivity contribution is -0.140. The lowest BCUT2D eigenvalue weighted by Gasteiger charge is -2.33. The predicted molar refractivity (Wildman–Crippen MR) is 146 cm³/mol. The Labute approximate surface area is 242 Å². The van der Waals surface area contributed by atoms with E-state index in [9.17, 15) is 22.8 Å². The molecule has 0 N–H and O–H groups in total. The summed E-state index contributed by atoms with van der Waals surface area (Å²) in [7, 11) is 1.26. The Bertz CT molecular complexity index is 1490. The van der Waals surface area contributed by atoms with Crippen molar-refractivity contribution in [3.8, 4) is 11.8 Å². The zero-order valence-electron chi connectivity index (χ0n) is 23.9. The van der Waals surface area contributed by atoms with Gasteiger partial charge < -0.3 is 14.4 Å². The number of carbonyl (C=O) groups is 2. The van der Waals surface area contributed by atoms with Crippen LogP contribution in [0.1, 0.15) is 73.4 Å². The third-order valence-corrected chi connectivity index (χ3v) is 6.55. The van der Waals surface area contributed by atoms with Crippen LogP contribution in [0.2, 0.25) is 0 Å². The minimum Gasteiger partial charge on any atom is -0.469 e. The number of carbonyl (C=O) groups excluding carboxylic acids is 2. The van der Waals surface area contributed by atoms with Gasteiger partial charge in [-0.1, -0.05) is 24.1 Å². The Kier molecular flexibility index (Phi) is 9.19. The lowest BCUT2D eigenvalue weighted by Crippen LogP contribution is -2.42. The number of piperidine rings is 1. The molecule has 3 heterocycles. The average molecular weight is 584 g/mol. The number of hydrogen-bond donors (Lipinski definition) is 0.